The van der Waals surface area contributed by atoms with E-state index in [0.29, 0.717) is 24.3 Å². The normalized spacial score (nSPS) is 13.1. The molecule has 0 saturated carbocycles. The van der Waals surface area contributed by atoms with Crippen LogP contribution in [0.4, 0.5) is 16.2 Å². The van der Waals surface area contributed by atoms with Crippen molar-refractivity contribution in [2.45, 2.75) is 25.8 Å². The van der Waals surface area contributed by atoms with Crippen LogP contribution in [-0.2, 0) is 13.0 Å². The summed E-state index contributed by atoms with van der Waals surface area (Å²) in [4.78, 5) is 31.3. The van der Waals surface area contributed by atoms with Crippen LogP contribution in [-0.4, -0.2) is 23.5 Å². The molecule has 30 heavy (non-hydrogen) atoms. The van der Waals surface area contributed by atoms with Crippen LogP contribution in [0.15, 0.2) is 73.1 Å². The molecule has 0 bridgehead atoms. The standard InChI is InChI=1S/C24H24N4O2/c29-23(26-17-18-7-6-13-25-16-18)20-10-5-11-21(15-20)27-24(30)28-14-4-3-9-19-8-1-2-12-22(19)28/h1-2,5-8,10-13,15-16H,3-4,9,14,17H2,(H,26,29)(H,27,30). The third-order valence-corrected chi connectivity index (χ3v) is 5.16. The number of amides is 3. The topological polar surface area (TPSA) is 74.3 Å². The van der Waals surface area contributed by atoms with Crippen LogP contribution in [0.5, 0.6) is 0 Å². The molecule has 0 saturated heterocycles. The molecular weight excluding hydrogens is 376 g/mol. The monoisotopic (exact) mass is 400 g/mol. The molecule has 152 valence electrons. The number of nitrogens with zero attached hydrogens (tertiary/aromatic N) is 2. The molecule has 1 aliphatic rings. The number of benzene rings is 2. The highest BCUT2D eigenvalue weighted by Crippen LogP contribution is 2.26. The Labute approximate surface area is 175 Å². The summed E-state index contributed by atoms with van der Waals surface area (Å²) in [7, 11) is 0. The summed E-state index contributed by atoms with van der Waals surface area (Å²) in [6.45, 7) is 1.07. The van der Waals surface area contributed by atoms with Crippen LogP contribution >= 0.6 is 0 Å². The minimum atomic E-state index is -0.199. The van der Waals surface area contributed by atoms with Gasteiger partial charge in [0.05, 0.1) is 0 Å². The molecule has 2 heterocycles. The fourth-order valence-corrected chi connectivity index (χ4v) is 3.62. The fraction of sp³-hybridized carbons (Fsp3) is 0.208. The molecule has 1 aromatic heterocycles. The Morgan fingerprint density at radius 2 is 1.90 bits per heavy atom. The summed E-state index contributed by atoms with van der Waals surface area (Å²) in [5.41, 5.74) is 4.16. The van der Waals surface area contributed by atoms with Gasteiger partial charge in [-0.15, -0.1) is 0 Å². The van der Waals surface area contributed by atoms with Gasteiger partial charge in [0, 0.05) is 42.4 Å². The first-order chi connectivity index (χ1) is 14.7. The van der Waals surface area contributed by atoms with Gasteiger partial charge in [-0.05, 0) is 60.7 Å². The van der Waals surface area contributed by atoms with Gasteiger partial charge in [-0.1, -0.05) is 30.3 Å². The van der Waals surface area contributed by atoms with E-state index in [1.807, 2.05) is 30.3 Å². The Morgan fingerprint density at radius 1 is 1.00 bits per heavy atom. The first-order valence-corrected chi connectivity index (χ1v) is 10.1. The molecular formula is C24H24N4O2. The summed E-state index contributed by atoms with van der Waals surface area (Å²) in [5, 5.41) is 5.82. The van der Waals surface area contributed by atoms with Gasteiger partial charge >= 0.3 is 6.03 Å². The molecule has 1 aliphatic heterocycles. The van der Waals surface area contributed by atoms with Gasteiger partial charge in [-0.3, -0.25) is 14.7 Å². The number of carbonyl (C=O) groups is 2. The van der Waals surface area contributed by atoms with E-state index in [1.165, 1.54) is 5.56 Å². The number of carbonyl (C=O) groups excluding carboxylic acids is 2. The lowest BCUT2D eigenvalue weighted by atomic mass is 10.1. The van der Waals surface area contributed by atoms with Crippen LogP contribution in [0.2, 0.25) is 0 Å². The second-order valence-corrected chi connectivity index (χ2v) is 7.29. The molecule has 4 rings (SSSR count). The lowest BCUT2D eigenvalue weighted by Gasteiger charge is -2.23. The van der Waals surface area contributed by atoms with Crippen molar-refractivity contribution >= 4 is 23.3 Å². The number of nitrogens with one attached hydrogen (secondary N) is 2. The Balaban J connectivity index is 1.44. The van der Waals surface area contributed by atoms with Gasteiger partial charge in [0.15, 0.2) is 0 Å². The quantitative estimate of drug-likeness (QED) is 0.682. The van der Waals surface area contributed by atoms with Crippen molar-refractivity contribution in [2.75, 3.05) is 16.8 Å². The van der Waals surface area contributed by atoms with E-state index < -0.39 is 0 Å². The molecule has 6 heteroatoms. The van der Waals surface area contributed by atoms with Crippen LogP contribution in [0.3, 0.4) is 0 Å². The van der Waals surface area contributed by atoms with E-state index in [9.17, 15) is 9.59 Å². The second kappa shape index (κ2) is 9.22. The van der Waals surface area contributed by atoms with Gasteiger partial charge in [0.2, 0.25) is 0 Å². The lowest BCUT2D eigenvalue weighted by Crippen LogP contribution is -2.35. The maximum Gasteiger partial charge on any atom is 0.326 e. The Bertz CT molecular complexity index is 1040. The van der Waals surface area contributed by atoms with Crippen LogP contribution in [0.25, 0.3) is 0 Å². The third-order valence-electron chi connectivity index (χ3n) is 5.16. The Hall–Kier alpha value is -3.67. The molecule has 0 unspecified atom stereocenters. The predicted molar refractivity (Wildman–Crippen MR) is 118 cm³/mol. The van der Waals surface area contributed by atoms with Crippen molar-refractivity contribution in [3.63, 3.8) is 0 Å². The van der Waals surface area contributed by atoms with Crippen LogP contribution in [0.1, 0.15) is 34.3 Å². The average Bonchev–Trinajstić information content (AvgIpc) is 3.01. The van der Waals surface area contributed by atoms with E-state index in [0.717, 1.165) is 30.5 Å². The molecule has 2 aromatic carbocycles. The zero-order chi connectivity index (χ0) is 20.8. The molecule has 0 aliphatic carbocycles. The highest BCUT2D eigenvalue weighted by atomic mass is 16.2. The number of para-hydroxylation sites is 1. The molecule has 0 atom stereocenters. The molecule has 2 N–H and O–H groups in total. The Kier molecular flexibility index (Phi) is 6.03. The van der Waals surface area contributed by atoms with Gasteiger partial charge in [-0.2, -0.15) is 0 Å². The van der Waals surface area contributed by atoms with E-state index in [1.54, 1.807) is 41.6 Å². The van der Waals surface area contributed by atoms with Crippen molar-refractivity contribution in [3.05, 3.63) is 89.7 Å². The number of aromatic nitrogens is 1. The van der Waals surface area contributed by atoms with Gasteiger partial charge in [0.25, 0.3) is 5.91 Å². The van der Waals surface area contributed by atoms with Crippen LogP contribution in [0, 0.1) is 0 Å². The summed E-state index contributed by atoms with van der Waals surface area (Å²) in [5.74, 6) is -0.199. The van der Waals surface area contributed by atoms with E-state index >= 15 is 0 Å². The summed E-state index contributed by atoms with van der Waals surface area (Å²) >= 11 is 0. The Morgan fingerprint density at radius 3 is 2.77 bits per heavy atom. The molecule has 0 fully saturated rings. The number of hydrogen-bond acceptors (Lipinski definition) is 3. The highest BCUT2D eigenvalue weighted by Gasteiger charge is 2.21. The molecule has 3 aromatic rings. The summed E-state index contributed by atoms with van der Waals surface area (Å²) in [6.07, 6.45) is 6.41. The van der Waals surface area contributed by atoms with Crippen molar-refractivity contribution in [2.24, 2.45) is 0 Å². The minimum Gasteiger partial charge on any atom is -0.348 e. The number of rotatable bonds is 4. The number of urea groups is 1. The van der Waals surface area contributed by atoms with E-state index in [-0.39, 0.29) is 11.9 Å². The van der Waals surface area contributed by atoms with E-state index in [2.05, 4.69) is 21.7 Å². The fourth-order valence-electron chi connectivity index (χ4n) is 3.62. The van der Waals surface area contributed by atoms with Crippen molar-refractivity contribution in [3.8, 4) is 0 Å². The first kappa shape index (κ1) is 19.6. The van der Waals surface area contributed by atoms with E-state index in [4.69, 9.17) is 0 Å². The SMILES string of the molecule is O=C(NCc1cccnc1)c1cccc(NC(=O)N2CCCCc3ccccc32)c1. The number of hydrogen-bond donors (Lipinski definition) is 2. The number of fused-ring (bicyclic) bond motifs is 1. The minimum absolute atomic E-state index is 0.183. The highest BCUT2D eigenvalue weighted by molar-refractivity contribution is 6.03. The van der Waals surface area contributed by atoms with Gasteiger partial charge in [-0.25, -0.2) is 4.79 Å². The van der Waals surface area contributed by atoms with Gasteiger partial charge < -0.3 is 10.6 Å². The average molecular weight is 400 g/mol. The first-order valence-electron chi connectivity index (χ1n) is 10.1. The van der Waals surface area contributed by atoms with Crippen molar-refractivity contribution in [1.29, 1.82) is 0 Å². The molecule has 0 spiro atoms. The van der Waals surface area contributed by atoms with Crippen molar-refractivity contribution < 1.29 is 9.59 Å². The molecule has 3 amide bonds. The number of anilines is 2. The summed E-state index contributed by atoms with van der Waals surface area (Å²) in [6, 6.07) is 18.6. The van der Waals surface area contributed by atoms with Gasteiger partial charge in [0.1, 0.15) is 0 Å². The molecule has 6 nitrogen and oxygen atoms in total. The zero-order valence-corrected chi connectivity index (χ0v) is 16.7. The lowest BCUT2D eigenvalue weighted by molar-refractivity contribution is 0.0951. The second-order valence-electron chi connectivity index (χ2n) is 7.29. The maximum atomic E-state index is 13.0. The largest absolute Gasteiger partial charge is 0.348 e. The van der Waals surface area contributed by atoms with Crippen molar-refractivity contribution in [1.82, 2.24) is 10.3 Å². The smallest absolute Gasteiger partial charge is 0.326 e. The third kappa shape index (κ3) is 4.66. The number of pyridine rings is 1. The molecule has 0 radical (unpaired) electrons. The predicted octanol–water partition coefficient (Wildman–Crippen LogP) is 4.39. The number of aryl methyl sites for hydroxylation is 1. The summed E-state index contributed by atoms with van der Waals surface area (Å²) < 4.78 is 0. The van der Waals surface area contributed by atoms with Crippen LogP contribution < -0.4 is 15.5 Å². The zero-order valence-electron chi connectivity index (χ0n) is 16.7. The maximum absolute atomic E-state index is 13.0.